The van der Waals surface area contributed by atoms with E-state index in [2.05, 4.69) is 22.6 Å². The minimum Gasteiger partial charge on any atom is -0.464 e. The summed E-state index contributed by atoms with van der Waals surface area (Å²) in [6.07, 6.45) is -0.194. The molecule has 0 spiro atoms. The largest absolute Gasteiger partial charge is 0.464 e. The zero-order chi connectivity index (χ0) is 8.97. The van der Waals surface area contributed by atoms with Gasteiger partial charge in [0.05, 0.1) is 3.57 Å². The summed E-state index contributed by atoms with van der Waals surface area (Å²) in [5.74, 6) is 0.868. The van der Waals surface area contributed by atoms with Crippen molar-refractivity contribution in [1.82, 2.24) is 0 Å². The highest BCUT2D eigenvalue weighted by atomic mass is 127. The Morgan fingerprint density at radius 2 is 2.00 bits per heavy atom. The summed E-state index contributed by atoms with van der Waals surface area (Å²) in [5, 5.41) is 0. The maximum atomic E-state index is 5.46. The van der Waals surface area contributed by atoms with Crippen molar-refractivity contribution >= 4 is 22.6 Å². The van der Waals surface area contributed by atoms with Crippen molar-refractivity contribution in [3.05, 3.63) is 27.8 Å². The minimum atomic E-state index is -0.194. The summed E-state index contributed by atoms with van der Waals surface area (Å²) in [6, 6.07) is 7.85. The molecule has 12 heavy (non-hydrogen) atoms. The predicted octanol–water partition coefficient (Wildman–Crippen LogP) is 2.66. The zero-order valence-electron chi connectivity index (χ0n) is 7.08. The van der Waals surface area contributed by atoms with Gasteiger partial charge in [0, 0.05) is 7.11 Å². The second-order valence-electron chi connectivity index (χ2n) is 2.35. The number of para-hydroxylation sites is 1. The first-order valence-electron chi connectivity index (χ1n) is 3.68. The maximum Gasteiger partial charge on any atom is 0.196 e. The first-order chi connectivity index (χ1) is 5.74. The molecular formula is C9H11IO2. The third-order valence-corrected chi connectivity index (χ3v) is 2.35. The fourth-order valence-electron chi connectivity index (χ4n) is 0.767. The molecule has 1 aromatic rings. The van der Waals surface area contributed by atoms with Crippen LogP contribution in [0.25, 0.3) is 0 Å². The number of hydrogen-bond acceptors (Lipinski definition) is 2. The predicted molar refractivity (Wildman–Crippen MR) is 56.3 cm³/mol. The Kier molecular flexibility index (Phi) is 3.81. The van der Waals surface area contributed by atoms with Crippen LogP contribution in [-0.2, 0) is 4.74 Å². The van der Waals surface area contributed by atoms with E-state index in [0.717, 1.165) is 9.32 Å². The van der Waals surface area contributed by atoms with Crippen LogP contribution in [-0.4, -0.2) is 13.4 Å². The van der Waals surface area contributed by atoms with E-state index < -0.39 is 0 Å². The van der Waals surface area contributed by atoms with Gasteiger partial charge in [0.1, 0.15) is 5.75 Å². The number of hydrogen-bond donors (Lipinski definition) is 0. The number of ether oxygens (including phenoxy) is 2. The molecule has 1 rings (SSSR count). The lowest BCUT2D eigenvalue weighted by Gasteiger charge is -2.13. The molecule has 0 aliphatic rings. The van der Waals surface area contributed by atoms with E-state index in [-0.39, 0.29) is 6.29 Å². The van der Waals surface area contributed by atoms with Gasteiger partial charge in [0.25, 0.3) is 0 Å². The Balaban J connectivity index is 2.69. The van der Waals surface area contributed by atoms with E-state index in [1.807, 2.05) is 31.2 Å². The minimum absolute atomic E-state index is 0.194. The molecule has 0 saturated carbocycles. The molecule has 0 fully saturated rings. The fourth-order valence-corrected chi connectivity index (χ4v) is 1.28. The van der Waals surface area contributed by atoms with E-state index in [1.165, 1.54) is 0 Å². The van der Waals surface area contributed by atoms with Gasteiger partial charge in [-0.3, -0.25) is 0 Å². The average Bonchev–Trinajstić information content (AvgIpc) is 2.09. The van der Waals surface area contributed by atoms with Crippen LogP contribution in [0.1, 0.15) is 6.92 Å². The molecule has 3 heteroatoms. The molecule has 0 heterocycles. The van der Waals surface area contributed by atoms with Gasteiger partial charge in [-0.15, -0.1) is 0 Å². The van der Waals surface area contributed by atoms with Crippen LogP contribution in [0, 0.1) is 3.57 Å². The van der Waals surface area contributed by atoms with E-state index in [9.17, 15) is 0 Å². The van der Waals surface area contributed by atoms with Gasteiger partial charge >= 0.3 is 0 Å². The van der Waals surface area contributed by atoms with E-state index in [0.29, 0.717) is 0 Å². The highest BCUT2D eigenvalue weighted by molar-refractivity contribution is 14.1. The molecule has 0 amide bonds. The number of halogens is 1. The van der Waals surface area contributed by atoms with E-state index in [1.54, 1.807) is 7.11 Å². The highest BCUT2D eigenvalue weighted by Gasteiger charge is 2.03. The SMILES string of the molecule is COC(C)Oc1ccccc1I. The number of methoxy groups -OCH3 is 1. The van der Waals surface area contributed by atoms with E-state index in [4.69, 9.17) is 9.47 Å². The number of benzene rings is 1. The van der Waals surface area contributed by atoms with Crippen molar-refractivity contribution in [3.63, 3.8) is 0 Å². The molecule has 0 aromatic heterocycles. The number of rotatable bonds is 3. The van der Waals surface area contributed by atoms with Gasteiger partial charge in [-0.25, -0.2) is 0 Å². The first kappa shape index (κ1) is 9.80. The molecule has 1 unspecified atom stereocenters. The Hall–Kier alpha value is -0.290. The third kappa shape index (κ3) is 2.64. The molecule has 2 nitrogen and oxygen atoms in total. The topological polar surface area (TPSA) is 18.5 Å². The van der Waals surface area contributed by atoms with Crippen molar-refractivity contribution in [3.8, 4) is 5.75 Å². The lowest BCUT2D eigenvalue weighted by atomic mass is 10.3. The molecule has 0 N–H and O–H groups in total. The van der Waals surface area contributed by atoms with Crippen molar-refractivity contribution in [2.24, 2.45) is 0 Å². The van der Waals surface area contributed by atoms with Gasteiger partial charge in [0.15, 0.2) is 6.29 Å². The van der Waals surface area contributed by atoms with Crippen LogP contribution < -0.4 is 4.74 Å². The summed E-state index contributed by atoms with van der Waals surface area (Å²) in [7, 11) is 1.63. The molecule has 1 atom stereocenters. The Morgan fingerprint density at radius 3 is 2.58 bits per heavy atom. The smallest absolute Gasteiger partial charge is 0.196 e. The second-order valence-corrected chi connectivity index (χ2v) is 3.51. The summed E-state index contributed by atoms with van der Waals surface area (Å²) in [6.45, 7) is 1.86. The summed E-state index contributed by atoms with van der Waals surface area (Å²) in [4.78, 5) is 0. The molecule has 66 valence electrons. The zero-order valence-corrected chi connectivity index (χ0v) is 9.24. The maximum absolute atomic E-state index is 5.46. The quantitative estimate of drug-likeness (QED) is 0.625. The van der Waals surface area contributed by atoms with Crippen molar-refractivity contribution in [1.29, 1.82) is 0 Å². The van der Waals surface area contributed by atoms with Crippen LogP contribution in [0.5, 0.6) is 5.75 Å². The van der Waals surface area contributed by atoms with Crippen LogP contribution in [0.4, 0.5) is 0 Å². The summed E-state index contributed by atoms with van der Waals surface area (Å²) < 4.78 is 11.5. The van der Waals surface area contributed by atoms with Crippen molar-refractivity contribution < 1.29 is 9.47 Å². The van der Waals surface area contributed by atoms with Gasteiger partial charge in [-0.1, -0.05) is 12.1 Å². The van der Waals surface area contributed by atoms with E-state index >= 15 is 0 Å². The summed E-state index contributed by atoms with van der Waals surface area (Å²) >= 11 is 2.23. The average molecular weight is 278 g/mol. The second kappa shape index (κ2) is 4.67. The Morgan fingerprint density at radius 1 is 1.33 bits per heavy atom. The van der Waals surface area contributed by atoms with Gasteiger partial charge in [0.2, 0.25) is 0 Å². The van der Waals surface area contributed by atoms with Crippen LogP contribution in [0.2, 0.25) is 0 Å². The first-order valence-corrected chi connectivity index (χ1v) is 4.76. The normalized spacial score (nSPS) is 12.6. The Bertz CT molecular complexity index is 250. The molecule has 0 aliphatic heterocycles. The van der Waals surface area contributed by atoms with Gasteiger partial charge in [-0.2, -0.15) is 0 Å². The van der Waals surface area contributed by atoms with Gasteiger partial charge < -0.3 is 9.47 Å². The van der Waals surface area contributed by atoms with Crippen molar-refractivity contribution in [2.75, 3.05) is 7.11 Å². The molecule has 0 radical (unpaired) electrons. The molecule has 0 aliphatic carbocycles. The van der Waals surface area contributed by atoms with Crippen LogP contribution in [0.3, 0.4) is 0 Å². The third-order valence-electron chi connectivity index (χ3n) is 1.46. The molecular weight excluding hydrogens is 267 g/mol. The summed E-state index contributed by atoms with van der Waals surface area (Å²) in [5.41, 5.74) is 0. The molecule has 0 bridgehead atoms. The highest BCUT2D eigenvalue weighted by Crippen LogP contribution is 2.20. The molecule has 1 aromatic carbocycles. The van der Waals surface area contributed by atoms with Crippen LogP contribution in [0.15, 0.2) is 24.3 Å². The monoisotopic (exact) mass is 278 g/mol. The Labute approximate surface area is 86.0 Å². The molecule has 0 saturated heterocycles. The fraction of sp³-hybridized carbons (Fsp3) is 0.333. The van der Waals surface area contributed by atoms with Gasteiger partial charge in [-0.05, 0) is 41.6 Å². The lowest BCUT2D eigenvalue weighted by Crippen LogP contribution is -2.14. The van der Waals surface area contributed by atoms with Crippen LogP contribution >= 0.6 is 22.6 Å². The standard InChI is InChI=1S/C9H11IO2/c1-7(11-2)12-9-6-4-3-5-8(9)10/h3-7H,1-2H3. The lowest BCUT2D eigenvalue weighted by molar-refractivity contribution is -0.0387. The van der Waals surface area contributed by atoms with Crippen molar-refractivity contribution in [2.45, 2.75) is 13.2 Å².